The molecular formula is C23H31N5O5. The lowest BCUT2D eigenvalue weighted by molar-refractivity contribution is 0.0935. The molecule has 3 aromatic rings. The number of aliphatic hydroxyl groups is 1. The van der Waals surface area contributed by atoms with Crippen molar-refractivity contribution in [2.24, 2.45) is 20.0 Å². The van der Waals surface area contributed by atoms with Crippen LogP contribution in [0.3, 0.4) is 0 Å². The zero-order valence-corrected chi connectivity index (χ0v) is 19.5. The largest absolute Gasteiger partial charge is 0.497 e. The van der Waals surface area contributed by atoms with Gasteiger partial charge in [-0.2, -0.15) is 4.98 Å². The molecule has 2 aromatic heterocycles. The number of aromatic nitrogens is 4. The van der Waals surface area contributed by atoms with Gasteiger partial charge < -0.3 is 24.0 Å². The molecule has 10 heteroatoms. The van der Waals surface area contributed by atoms with Gasteiger partial charge >= 0.3 is 5.69 Å². The van der Waals surface area contributed by atoms with Crippen molar-refractivity contribution in [2.45, 2.75) is 32.4 Å². The predicted octanol–water partition coefficient (Wildman–Crippen LogP) is 1.12. The Hall–Kier alpha value is -3.27. The lowest BCUT2D eigenvalue weighted by Gasteiger charge is -2.31. The Labute approximate surface area is 191 Å². The second-order valence-electron chi connectivity index (χ2n) is 8.71. The Bertz CT molecular complexity index is 1240. The van der Waals surface area contributed by atoms with Crippen molar-refractivity contribution < 1.29 is 14.6 Å². The summed E-state index contributed by atoms with van der Waals surface area (Å²) >= 11 is 0. The van der Waals surface area contributed by atoms with Crippen LogP contribution >= 0.6 is 0 Å². The molecule has 0 saturated carbocycles. The summed E-state index contributed by atoms with van der Waals surface area (Å²) in [6.07, 6.45) is 1.14. The van der Waals surface area contributed by atoms with E-state index in [1.807, 2.05) is 0 Å². The highest BCUT2D eigenvalue weighted by molar-refractivity contribution is 5.74. The molecule has 1 aliphatic rings. The summed E-state index contributed by atoms with van der Waals surface area (Å²) in [5.41, 5.74) is -0.239. The van der Waals surface area contributed by atoms with Gasteiger partial charge in [0.2, 0.25) is 5.95 Å². The van der Waals surface area contributed by atoms with Crippen molar-refractivity contribution in [3.05, 3.63) is 45.1 Å². The van der Waals surface area contributed by atoms with Crippen molar-refractivity contribution >= 4 is 17.1 Å². The van der Waals surface area contributed by atoms with Crippen LogP contribution in [-0.2, 0) is 20.6 Å². The van der Waals surface area contributed by atoms with Crippen LogP contribution in [0, 0.1) is 5.92 Å². The zero-order valence-electron chi connectivity index (χ0n) is 19.5. The Morgan fingerprint density at radius 2 is 1.73 bits per heavy atom. The van der Waals surface area contributed by atoms with Crippen LogP contribution in [0.2, 0.25) is 0 Å². The van der Waals surface area contributed by atoms with E-state index in [1.165, 1.54) is 11.6 Å². The van der Waals surface area contributed by atoms with E-state index < -0.39 is 17.4 Å². The molecule has 1 aromatic carbocycles. The van der Waals surface area contributed by atoms with Gasteiger partial charge in [0.15, 0.2) is 11.2 Å². The lowest BCUT2D eigenvalue weighted by Crippen LogP contribution is -2.38. The van der Waals surface area contributed by atoms with E-state index in [0.29, 0.717) is 28.8 Å². The van der Waals surface area contributed by atoms with Crippen LogP contribution in [0.4, 0.5) is 5.95 Å². The molecule has 178 valence electrons. The molecule has 0 radical (unpaired) electrons. The molecule has 1 fully saturated rings. The van der Waals surface area contributed by atoms with Crippen molar-refractivity contribution in [1.82, 2.24) is 18.7 Å². The van der Waals surface area contributed by atoms with Crippen molar-refractivity contribution in [2.75, 3.05) is 31.7 Å². The van der Waals surface area contributed by atoms with Crippen LogP contribution in [0.1, 0.15) is 19.8 Å². The molecule has 3 heterocycles. The maximum Gasteiger partial charge on any atom is 0.332 e. The van der Waals surface area contributed by atoms with E-state index >= 15 is 0 Å². The van der Waals surface area contributed by atoms with E-state index in [9.17, 15) is 14.7 Å². The van der Waals surface area contributed by atoms with Crippen molar-refractivity contribution in [3.63, 3.8) is 0 Å². The maximum absolute atomic E-state index is 13.0. The van der Waals surface area contributed by atoms with E-state index in [4.69, 9.17) is 9.47 Å². The third-order valence-electron chi connectivity index (χ3n) is 6.29. The summed E-state index contributed by atoms with van der Waals surface area (Å²) in [6, 6.07) is 7.10. The molecule has 0 spiro atoms. The normalized spacial score (nSPS) is 15.7. The van der Waals surface area contributed by atoms with Gasteiger partial charge in [-0.1, -0.05) is 6.92 Å². The van der Waals surface area contributed by atoms with Crippen LogP contribution in [-0.4, -0.2) is 56.7 Å². The number of piperidine rings is 1. The van der Waals surface area contributed by atoms with E-state index in [-0.39, 0.29) is 13.2 Å². The summed E-state index contributed by atoms with van der Waals surface area (Å²) in [6.45, 7) is 3.98. The highest BCUT2D eigenvalue weighted by atomic mass is 16.5. The van der Waals surface area contributed by atoms with Gasteiger partial charge in [-0.15, -0.1) is 0 Å². The number of aryl methyl sites for hydroxylation is 1. The average molecular weight is 458 g/mol. The summed E-state index contributed by atoms with van der Waals surface area (Å²) < 4.78 is 15.1. The molecule has 1 N–H and O–H groups in total. The molecule has 0 aliphatic carbocycles. The Morgan fingerprint density at radius 1 is 1.09 bits per heavy atom. The first kappa shape index (κ1) is 22.9. The number of nitrogens with zero attached hydrogens (tertiary/aromatic N) is 5. The van der Waals surface area contributed by atoms with Crippen LogP contribution in [0.5, 0.6) is 11.5 Å². The first-order chi connectivity index (χ1) is 15.8. The Balaban J connectivity index is 1.65. The van der Waals surface area contributed by atoms with Crippen LogP contribution in [0.25, 0.3) is 11.2 Å². The molecule has 1 atom stereocenters. The zero-order chi connectivity index (χ0) is 23.7. The molecule has 33 heavy (non-hydrogen) atoms. The van der Waals surface area contributed by atoms with E-state index in [0.717, 1.165) is 36.2 Å². The van der Waals surface area contributed by atoms with E-state index in [2.05, 4.69) is 16.8 Å². The highest BCUT2D eigenvalue weighted by Crippen LogP contribution is 2.25. The molecule has 10 nitrogen and oxygen atoms in total. The predicted molar refractivity (Wildman–Crippen MR) is 125 cm³/mol. The van der Waals surface area contributed by atoms with Gasteiger partial charge in [0, 0.05) is 27.2 Å². The number of hydrogen-bond acceptors (Lipinski definition) is 7. The Morgan fingerprint density at radius 3 is 2.36 bits per heavy atom. The fourth-order valence-corrected chi connectivity index (χ4v) is 4.19. The number of methoxy groups -OCH3 is 1. The molecule has 0 amide bonds. The fraction of sp³-hybridized carbons (Fsp3) is 0.522. The molecule has 0 bridgehead atoms. The Kier molecular flexibility index (Phi) is 6.46. The van der Waals surface area contributed by atoms with Crippen molar-refractivity contribution in [3.8, 4) is 11.5 Å². The first-order valence-corrected chi connectivity index (χ1v) is 11.2. The average Bonchev–Trinajstić information content (AvgIpc) is 3.20. The van der Waals surface area contributed by atoms with Gasteiger partial charge in [-0.25, -0.2) is 4.79 Å². The third-order valence-corrected chi connectivity index (χ3v) is 6.29. The number of ether oxygens (including phenoxy) is 2. The van der Waals surface area contributed by atoms with Crippen LogP contribution in [0.15, 0.2) is 33.9 Å². The number of fused-ring (bicyclic) bond motifs is 1. The van der Waals surface area contributed by atoms with Gasteiger partial charge in [0.1, 0.15) is 24.2 Å². The third kappa shape index (κ3) is 4.47. The number of aliphatic hydroxyl groups excluding tert-OH is 1. The number of benzene rings is 1. The number of anilines is 1. The summed E-state index contributed by atoms with van der Waals surface area (Å²) in [5, 5.41) is 10.8. The standard InChI is InChI=1S/C23H31N5O5/c1-15-9-11-27(12-10-15)22-24-20-19(21(30)26(3)23(31)25(20)2)28(22)13-16(29)14-33-18-7-5-17(32-4)6-8-18/h5-8,15-16,29H,9-14H2,1-4H3/t16-/m0/s1. The first-order valence-electron chi connectivity index (χ1n) is 11.2. The molecule has 4 rings (SSSR count). The van der Waals surface area contributed by atoms with Gasteiger partial charge in [-0.3, -0.25) is 13.9 Å². The molecule has 0 unspecified atom stereocenters. The molecular weight excluding hydrogens is 426 g/mol. The summed E-state index contributed by atoms with van der Waals surface area (Å²) in [4.78, 5) is 32.3. The topological polar surface area (TPSA) is 104 Å². The highest BCUT2D eigenvalue weighted by Gasteiger charge is 2.26. The number of hydrogen-bond donors (Lipinski definition) is 1. The summed E-state index contributed by atoms with van der Waals surface area (Å²) in [5.74, 6) is 2.54. The fourth-order valence-electron chi connectivity index (χ4n) is 4.19. The van der Waals surface area contributed by atoms with E-state index in [1.54, 1.807) is 43.0 Å². The number of rotatable bonds is 7. The van der Waals surface area contributed by atoms with Crippen LogP contribution < -0.4 is 25.6 Å². The van der Waals surface area contributed by atoms with Gasteiger partial charge in [0.25, 0.3) is 5.56 Å². The number of imidazole rings is 1. The van der Waals surface area contributed by atoms with Crippen molar-refractivity contribution in [1.29, 1.82) is 0 Å². The lowest BCUT2D eigenvalue weighted by atomic mass is 10.00. The minimum atomic E-state index is -0.895. The SMILES string of the molecule is COc1ccc(OC[C@@H](O)Cn2c(N3CCC(C)CC3)nc3c2c(=O)n(C)c(=O)n3C)cc1. The summed E-state index contributed by atoms with van der Waals surface area (Å²) in [7, 11) is 4.65. The van der Waals surface area contributed by atoms with Gasteiger partial charge in [-0.05, 0) is 43.0 Å². The molecule has 1 aliphatic heterocycles. The quantitative estimate of drug-likeness (QED) is 0.567. The maximum atomic E-state index is 13.0. The minimum Gasteiger partial charge on any atom is -0.497 e. The second kappa shape index (κ2) is 9.30. The minimum absolute atomic E-state index is 0.0363. The smallest absolute Gasteiger partial charge is 0.332 e. The molecule has 1 saturated heterocycles. The second-order valence-corrected chi connectivity index (χ2v) is 8.71. The van der Waals surface area contributed by atoms with Gasteiger partial charge in [0.05, 0.1) is 13.7 Å². The monoisotopic (exact) mass is 457 g/mol.